The number of hydrogen-bond acceptors (Lipinski definition) is 3. The Bertz CT molecular complexity index is 341. The molecule has 1 heterocycles. The minimum absolute atomic E-state index is 0.579. The Morgan fingerprint density at radius 2 is 2.24 bits per heavy atom. The first kappa shape index (κ1) is 12.4. The van der Waals surface area contributed by atoms with Crippen molar-refractivity contribution in [2.75, 3.05) is 33.4 Å². The number of methoxy groups -OCH3 is 1. The molecule has 0 amide bonds. The average Bonchev–Trinajstić information content (AvgIpc) is 2.77. The third-order valence-corrected chi connectivity index (χ3v) is 3.19. The molecular formula is C14H21NO2. The Balaban J connectivity index is 1.68. The van der Waals surface area contributed by atoms with E-state index >= 15 is 0 Å². The molecule has 0 spiro atoms. The second-order valence-electron chi connectivity index (χ2n) is 4.43. The smallest absolute Gasteiger partial charge is 0.122 e. The third kappa shape index (κ3) is 3.45. The third-order valence-electron chi connectivity index (χ3n) is 3.19. The second-order valence-corrected chi connectivity index (χ2v) is 4.43. The van der Waals surface area contributed by atoms with Crippen LogP contribution in [-0.2, 0) is 4.74 Å². The zero-order chi connectivity index (χ0) is 11.9. The van der Waals surface area contributed by atoms with E-state index in [0.717, 1.165) is 32.1 Å². The molecule has 1 aliphatic rings. The van der Waals surface area contributed by atoms with Gasteiger partial charge < -0.3 is 14.8 Å². The fraction of sp³-hybridized carbons (Fsp3) is 0.571. The van der Waals surface area contributed by atoms with Crippen LogP contribution in [0.5, 0.6) is 5.75 Å². The van der Waals surface area contributed by atoms with E-state index in [9.17, 15) is 0 Å². The van der Waals surface area contributed by atoms with E-state index in [0.29, 0.717) is 5.92 Å². The Morgan fingerprint density at radius 3 is 3.12 bits per heavy atom. The number of hydrogen-bond donors (Lipinski definition) is 1. The molecule has 3 heteroatoms. The van der Waals surface area contributed by atoms with E-state index in [1.165, 1.54) is 18.4 Å². The van der Waals surface area contributed by atoms with Gasteiger partial charge in [0.2, 0.25) is 0 Å². The first-order valence-electron chi connectivity index (χ1n) is 6.33. The molecule has 0 fully saturated rings. The maximum atomic E-state index is 5.67. The monoisotopic (exact) mass is 235 g/mol. The van der Waals surface area contributed by atoms with Gasteiger partial charge in [0, 0.05) is 25.1 Å². The summed E-state index contributed by atoms with van der Waals surface area (Å²) in [5.74, 6) is 1.65. The normalized spacial score (nSPS) is 17.8. The Hall–Kier alpha value is -1.06. The minimum Gasteiger partial charge on any atom is -0.493 e. The quantitative estimate of drug-likeness (QED) is 0.735. The molecule has 0 bridgehead atoms. The summed E-state index contributed by atoms with van der Waals surface area (Å²) < 4.78 is 10.7. The summed E-state index contributed by atoms with van der Waals surface area (Å²) in [4.78, 5) is 0. The van der Waals surface area contributed by atoms with Crippen molar-refractivity contribution in [1.29, 1.82) is 0 Å². The zero-order valence-electron chi connectivity index (χ0n) is 10.4. The molecule has 3 nitrogen and oxygen atoms in total. The van der Waals surface area contributed by atoms with Crippen molar-refractivity contribution in [1.82, 2.24) is 5.32 Å². The topological polar surface area (TPSA) is 30.5 Å². The number of benzene rings is 1. The molecule has 0 aliphatic carbocycles. The molecule has 0 aromatic heterocycles. The molecule has 0 saturated carbocycles. The standard InChI is InChI=1S/C14H21NO2/c1-16-10-9-15-8-4-5-12-11-17-14-7-3-2-6-13(12)14/h2-3,6-7,12,15H,4-5,8-11H2,1H3. The first-order valence-corrected chi connectivity index (χ1v) is 6.33. The number of fused-ring (bicyclic) bond motifs is 1. The molecule has 17 heavy (non-hydrogen) atoms. The summed E-state index contributed by atoms with van der Waals surface area (Å²) in [5.41, 5.74) is 1.38. The molecule has 94 valence electrons. The van der Waals surface area contributed by atoms with Crippen LogP contribution in [0.25, 0.3) is 0 Å². The Morgan fingerprint density at radius 1 is 1.35 bits per heavy atom. The van der Waals surface area contributed by atoms with Crippen molar-refractivity contribution in [3.8, 4) is 5.75 Å². The van der Waals surface area contributed by atoms with Crippen LogP contribution in [0, 0.1) is 0 Å². The molecule has 1 unspecified atom stereocenters. The molecule has 1 atom stereocenters. The van der Waals surface area contributed by atoms with Crippen LogP contribution in [-0.4, -0.2) is 33.4 Å². The molecule has 0 saturated heterocycles. The average molecular weight is 235 g/mol. The van der Waals surface area contributed by atoms with Crippen LogP contribution < -0.4 is 10.1 Å². The highest BCUT2D eigenvalue weighted by atomic mass is 16.5. The van der Waals surface area contributed by atoms with Gasteiger partial charge in [-0.3, -0.25) is 0 Å². The highest BCUT2D eigenvalue weighted by Gasteiger charge is 2.22. The highest BCUT2D eigenvalue weighted by molar-refractivity contribution is 5.39. The van der Waals surface area contributed by atoms with Gasteiger partial charge in [0.05, 0.1) is 13.2 Å². The summed E-state index contributed by atoms with van der Waals surface area (Å²) in [7, 11) is 1.73. The predicted octanol–water partition coefficient (Wildman–Crippen LogP) is 2.18. The number of ether oxygens (including phenoxy) is 2. The largest absolute Gasteiger partial charge is 0.493 e. The van der Waals surface area contributed by atoms with Crippen molar-refractivity contribution >= 4 is 0 Å². The van der Waals surface area contributed by atoms with Gasteiger partial charge in [0.25, 0.3) is 0 Å². The van der Waals surface area contributed by atoms with Crippen LogP contribution in [0.2, 0.25) is 0 Å². The molecule has 1 N–H and O–H groups in total. The van der Waals surface area contributed by atoms with Crippen molar-refractivity contribution in [2.45, 2.75) is 18.8 Å². The van der Waals surface area contributed by atoms with Gasteiger partial charge in [-0.2, -0.15) is 0 Å². The van der Waals surface area contributed by atoms with Crippen LogP contribution >= 0.6 is 0 Å². The lowest BCUT2D eigenvalue weighted by Gasteiger charge is -2.09. The maximum Gasteiger partial charge on any atom is 0.122 e. The van der Waals surface area contributed by atoms with Gasteiger partial charge in [0.1, 0.15) is 5.75 Å². The van der Waals surface area contributed by atoms with Crippen molar-refractivity contribution in [3.63, 3.8) is 0 Å². The maximum absolute atomic E-state index is 5.67. The summed E-state index contributed by atoms with van der Waals surface area (Å²) in [6.07, 6.45) is 2.38. The highest BCUT2D eigenvalue weighted by Crippen LogP contribution is 2.35. The molecule has 0 radical (unpaired) electrons. The molecule has 1 aromatic carbocycles. The molecule has 2 rings (SSSR count). The second kappa shape index (κ2) is 6.62. The van der Waals surface area contributed by atoms with Crippen LogP contribution in [0.1, 0.15) is 24.3 Å². The minimum atomic E-state index is 0.579. The number of para-hydroxylation sites is 1. The lowest BCUT2D eigenvalue weighted by atomic mass is 9.96. The lowest BCUT2D eigenvalue weighted by Crippen LogP contribution is -2.20. The predicted molar refractivity (Wildman–Crippen MR) is 68.7 cm³/mol. The van der Waals surface area contributed by atoms with Gasteiger partial charge in [0.15, 0.2) is 0 Å². The van der Waals surface area contributed by atoms with E-state index < -0.39 is 0 Å². The lowest BCUT2D eigenvalue weighted by molar-refractivity contribution is 0.199. The summed E-state index contributed by atoms with van der Waals surface area (Å²) in [5, 5.41) is 3.37. The first-order chi connectivity index (χ1) is 8.42. The molecule has 1 aromatic rings. The van der Waals surface area contributed by atoms with Gasteiger partial charge >= 0.3 is 0 Å². The molecular weight excluding hydrogens is 214 g/mol. The van der Waals surface area contributed by atoms with Gasteiger partial charge in [-0.15, -0.1) is 0 Å². The number of rotatable bonds is 7. The summed E-state index contributed by atoms with van der Waals surface area (Å²) in [6, 6.07) is 8.38. The van der Waals surface area contributed by atoms with Crippen LogP contribution in [0.4, 0.5) is 0 Å². The number of nitrogens with one attached hydrogen (secondary N) is 1. The molecule has 1 aliphatic heterocycles. The SMILES string of the molecule is COCCNCCCC1COc2ccccc21. The van der Waals surface area contributed by atoms with E-state index in [-0.39, 0.29) is 0 Å². The zero-order valence-corrected chi connectivity index (χ0v) is 10.4. The van der Waals surface area contributed by atoms with Crippen molar-refractivity contribution in [2.24, 2.45) is 0 Å². The van der Waals surface area contributed by atoms with Gasteiger partial charge in [-0.05, 0) is 25.5 Å². The van der Waals surface area contributed by atoms with E-state index in [4.69, 9.17) is 9.47 Å². The van der Waals surface area contributed by atoms with Crippen LogP contribution in [0.3, 0.4) is 0 Å². The van der Waals surface area contributed by atoms with E-state index in [1.54, 1.807) is 7.11 Å². The van der Waals surface area contributed by atoms with Crippen molar-refractivity contribution < 1.29 is 9.47 Å². The summed E-state index contributed by atoms with van der Waals surface area (Å²) in [6.45, 7) is 3.63. The van der Waals surface area contributed by atoms with Crippen LogP contribution in [0.15, 0.2) is 24.3 Å². The van der Waals surface area contributed by atoms with Gasteiger partial charge in [-0.1, -0.05) is 18.2 Å². The van der Waals surface area contributed by atoms with E-state index in [1.807, 2.05) is 6.07 Å². The Kier molecular flexibility index (Phi) is 4.83. The fourth-order valence-electron chi connectivity index (χ4n) is 2.24. The summed E-state index contributed by atoms with van der Waals surface area (Å²) >= 11 is 0. The Labute approximate surface area is 103 Å². The van der Waals surface area contributed by atoms with Crippen molar-refractivity contribution in [3.05, 3.63) is 29.8 Å². The van der Waals surface area contributed by atoms with Gasteiger partial charge in [-0.25, -0.2) is 0 Å². The van der Waals surface area contributed by atoms with E-state index in [2.05, 4.69) is 23.5 Å². The fourth-order valence-corrected chi connectivity index (χ4v) is 2.24.